The Morgan fingerprint density at radius 2 is 1.47 bits per heavy atom. The molecule has 4 aromatic carbocycles. The molecule has 2 heterocycles. The minimum Gasteiger partial charge on any atom is -0.255 e. The molecule has 0 aliphatic rings. The molecule has 2 aromatic heterocycles. The van der Waals surface area contributed by atoms with Crippen molar-refractivity contribution in [3.8, 4) is 11.3 Å². The van der Waals surface area contributed by atoms with E-state index in [1.807, 2.05) is 17.5 Å². The third-order valence-electron chi connectivity index (χ3n) is 7.43. The number of benzene rings is 4. The van der Waals surface area contributed by atoms with Gasteiger partial charge in [0.2, 0.25) is 0 Å². The summed E-state index contributed by atoms with van der Waals surface area (Å²) in [5, 5.41) is 8.27. The SMILES string of the molecule is CC(C)Cc1cccc2c1sc1c(-c3cc([Si](C)(C)c4ccccc4)c4ccccc4c3)nccc12. The van der Waals surface area contributed by atoms with Crippen molar-refractivity contribution in [3.05, 3.63) is 103 Å². The maximum Gasteiger partial charge on any atom is 0.113 e. The highest BCUT2D eigenvalue weighted by Crippen LogP contribution is 2.41. The van der Waals surface area contributed by atoms with Crippen LogP contribution in [-0.2, 0) is 6.42 Å². The molecule has 3 heteroatoms. The lowest BCUT2D eigenvalue weighted by atomic mass is 10.0. The Balaban J connectivity index is 1.62. The Kier molecular flexibility index (Phi) is 5.78. The van der Waals surface area contributed by atoms with E-state index in [2.05, 4.69) is 118 Å². The van der Waals surface area contributed by atoms with Gasteiger partial charge in [-0.1, -0.05) is 111 Å². The number of nitrogens with zero attached hydrogens (tertiary/aromatic N) is 1. The summed E-state index contributed by atoms with van der Waals surface area (Å²) < 4.78 is 2.71. The molecule has 0 aliphatic heterocycles. The van der Waals surface area contributed by atoms with Crippen molar-refractivity contribution in [1.29, 1.82) is 0 Å². The Labute approximate surface area is 218 Å². The maximum absolute atomic E-state index is 4.99. The van der Waals surface area contributed by atoms with E-state index in [0.29, 0.717) is 5.92 Å². The quantitative estimate of drug-likeness (QED) is 0.217. The van der Waals surface area contributed by atoms with Gasteiger partial charge in [-0.25, -0.2) is 0 Å². The molecule has 6 aromatic rings. The van der Waals surface area contributed by atoms with Gasteiger partial charge in [0, 0.05) is 27.2 Å². The summed E-state index contributed by atoms with van der Waals surface area (Å²) in [5.74, 6) is 0.631. The minimum absolute atomic E-state index is 0.631. The van der Waals surface area contributed by atoms with Gasteiger partial charge in [0.05, 0.1) is 10.4 Å². The number of pyridine rings is 1. The average Bonchev–Trinajstić information content (AvgIpc) is 3.28. The number of hydrogen-bond donors (Lipinski definition) is 0. The molecule has 0 spiro atoms. The summed E-state index contributed by atoms with van der Waals surface area (Å²) in [4.78, 5) is 4.99. The normalized spacial score (nSPS) is 12.2. The van der Waals surface area contributed by atoms with Crippen LogP contribution in [0.4, 0.5) is 0 Å². The third-order valence-corrected chi connectivity index (χ3v) is 12.3. The average molecular weight is 502 g/mol. The number of hydrogen-bond acceptors (Lipinski definition) is 2. The predicted molar refractivity (Wildman–Crippen MR) is 162 cm³/mol. The zero-order valence-corrected chi connectivity index (χ0v) is 23.2. The number of aromatic nitrogens is 1. The number of fused-ring (bicyclic) bond motifs is 4. The van der Waals surface area contributed by atoms with Crippen LogP contribution in [0.15, 0.2) is 97.2 Å². The van der Waals surface area contributed by atoms with E-state index < -0.39 is 8.07 Å². The highest BCUT2D eigenvalue weighted by Gasteiger charge is 2.28. The van der Waals surface area contributed by atoms with Crippen LogP contribution in [0, 0.1) is 5.92 Å². The Morgan fingerprint density at radius 3 is 2.28 bits per heavy atom. The Hall–Kier alpha value is -3.27. The predicted octanol–water partition coefficient (Wildman–Crippen LogP) is 8.29. The fraction of sp³-hybridized carbons (Fsp3) is 0.182. The van der Waals surface area contributed by atoms with Crippen molar-refractivity contribution in [2.75, 3.05) is 0 Å². The molecule has 6 rings (SSSR count). The van der Waals surface area contributed by atoms with E-state index in [0.717, 1.165) is 12.1 Å². The van der Waals surface area contributed by atoms with Crippen LogP contribution >= 0.6 is 11.3 Å². The molecule has 0 amide bonds. The van der Waals surface area contributed by atoms with E-state index in [4.69, 9.17) is 4.98 Å². The molecule has 0 saturated carbocycles. The van der Waals surface area contributed by atoms with Crippen molar-refractivity contribution in [2.24, 2.45) is 5.92 Å². The second kappa shape index (κ2) is 8.99. The van der Waals surface area contributed by atoms with Gasteiger partial charge >= 0.3 is 0 Å². The minimum atomic E-state index is -1.94. The highest BCUT2D eigenvalue weighted by molar-refractivity contribution is 7.26. The fourth-order valence-electron chi connectivity index (χ4n) is 5.56. The van der Waals surface area contributed by atoms with E-state index in [9.17, 15) is 0 Å². The summed E-state index contributed by atoms with van der Waals surface area (Å²) in [6.45, 7) is 9.54. The van der Waals surface area contributed by atoms with E-state index in [1.54, 1.807) is 0 Å². The standard InChI is InChI=1S/C33H31NSSi/c1-22(2)19-24-12-10-16-28-29-17-18-34-31(33(29)35-32(24)28)25-20-23-11-8-9-15-27(23)30(21-25)36(3,4)26-13-6-5-7-14-26/h5-18,20-22H,19H2,1-4H3. The van der Waals surface area contributed by atoms with Crippen LogP contribution < -0.4 is 10.4 Å². The lowest BCUT2D eigenvalue weighted by Gasteiger charge is -2.26. The highest BCUT2D eigenvalue weighted by atomic mass is 32.1. The van der Waals surface area contributed by atoms with Crippen LogP contribution in [0.5, 0.6) is 0 Å². The molecule has 0 bridgehead atoms. The Bertz CT molecular complexity index is 1710. The summed E-state index contributed by atoms with van der Waals surface area (Å²) >= 11 is 1.92. The molecule has 0 N–H and O–H groups in total. The first kappa shape index (κ1) is 23.1. The van der Waals surface area contributed by atoms with Crippen molar-refractivity contribution in [1.82, 2.24) is 4.98 Å². The first-order valence-corrected chi connectivity index (χ1v) is 16.6. The van der Waals surface area contributed by atoms with Crippen molar-refractivity contribution in [3.63, 3.8) is 0 Å². The molecule has 0 atom stereocenters. The van der Waals surface area contributed by atoms with Crippen molar-refractivity contribution < 1.29 is 0 Å². The molecule has 178 valence electrons. The summed E-state index contributed by atoms with van der Waals surface area (Å²) in [6, 6.07) is 33.7. The molecule has 0 radical (unpaired) electrons. The molecule has 0 unspecified atom stereocenters. The molecule has 0 fully saturated rings. The van der Waals surface area contributed by atoms with Gasteiger partial charge in [-0.05, 0) is 46.0 Å². The zero-order chi connectivity index (χ0) is 24.9. The third kappa shape index (κ3) is 3.87. The lowest BCUT2D eigenvalue weighted by molar-refractivity contribution is 0.650. The van der Waals surface area contributed by atoms with Gasteiger partial charge in [0.1, 0.15) is 8.07 Å². The van der Waals surface area contributed by atoms with Crippen LogP contribution in [0.1, 0.15) is 19.4 Å². The second-order valence-corrected chi connectivity index (χ2v) is 16.2. The van der Waals surface area contributed by atoms with Crippen LogP contribution in [0.2, 0.25) is 13.1 Å². The van der Waals surface area contributed by atoms with Crippen LogP contribution in [-0.4, -0.2) is 13.1 Å². The smallest absolute Gasteiger partial charge is 0.113 e. The summed E-state index contributed by atoms with van der Waals surface area (Å²) in [7, 11) is -1.94. The van der Waals surface area contributed by atoms with Crippen LogP contribution in [0.25, 0.3) is 42.2 Å². The monoisotopic (exact) mass is 501 g/mol. The van der Waals surface area contributed by atoms with Gasteiger partial charge in [-0.15, -0.1) is 11.3 Å². The second-order valence-electron chi connectivity index (χ2n) is 10.8. The first-order valence-electron chi connectivity index (χ1n) is 12.8. The first-order chi connectivity index (χ1) is 17.4. The molecular formula is C33H31NSSi. The topological polar surface area (TPSA) is 12.9 Å². The van der Waals surface area contributed by atoms with Crippen LogP contribution in [0.3, 0.4) is 0 Å². The van der Waals surface area contributed by atoms with Gasteiger partial charge in [-0.2, -0.15) is 0 Å². The molecule has 36 heavy (non-hydrogen) atoms. The van der Waals surface area contributed by atoms with Crippen molar-refractivity contribution in [2.45, 2.75) is 33.4 Å². The number of rotatable bonds is 5. The van der Waals surface area contributed by atoms with E-state index in [-0.39, 0.29) is 0 Å². The van der Waals surface area contributed by atoms with E-state index in [1.165, 1.54) is 52.4 Å². The van der Waals surface area contributed by atoms with Gasteiger partial charge < -0.3 is 0 Å². The molecule has 0 aliphatic carbocycles. The molecular weight excluding hydrogens is 471 g/mol. The Morgan fingerprint density at radius 1 is 0.750 bits per heavy atom. The number of thiophene rings is 1. The lowest BCUT2D eigenvalue weighted by Crippen LogP contribution is -2.53. The fourth-order valence-corrected chi connectivity index (χ4v) is 9.65. The van der Waals surface area contributed by atoms with Gasteiger partial charge in [-0.3, -0.25) is 4.98 Å². The van der Waals surface area contributed by atoms with E-state index >= 15 is 0 Å². The molecule has 0 saturated heterocycles. The van der Waals surface area contributed by atoms with Gasteiger partial charge in [0.15, 0.2) is 0 Å². The summed E-state index contributed by atoms with van der Waals surface area (Å²) in [5.41, 5.74) is 3.78. The summed E-state index contributed by atoms with van der Waals surface area (Å²) in [6.07, 6.45) is 3.09. The largest absolute Gasteiger partial charge is 0.255 e. The maximum atomic E-state index is 4.99. The van der Waals surface area contributed by atoms with Crippen molar-refractivity contribution >= 4 is 60.7 Å². The zero-order valence-electron chi connectivity index (χ0n) is 21.4. The van der Waals surface area contributed by atoms with Gasteiger partial charge in [0.25, 0.3) is 0 Å². The molecule has 1 nitrogen and oxygen atoms in total.